The topological polar surface area (TPSA) is 113 Å². The van der Waals surface area contributed by atoms with Gasteiger partial charge in [0.2, 0.25) is 5.95 Å². The lowest BCUT2D eigenvalue weighted by Crippen LogP contribution is -2.10. The Morgan fingerprint density at radius 3 is 2.82 bits per heavy atom. The highest BCUT2D eigenvalue weighted by Gasteiger charge is 2.11. The van der Waals surface area contributed by atoms with Crippen LogP contribution in [0, 0.1) is 6.92 Å². The summed E-state index contributed by atoms with van der Waals surface area (Å²) in [6, 6.07) is 0. The molecule has 7 nitrogen and oxygen atoms in total. The summed E-state index contributed by atoms with van der Waals surface area (Å²) in [5.41, 5.74) is 6.41. The van der Waals surface area contributed by atoms with Crippen LogP contribution in [-0.2, 0) is 0 Å². The highest BCUT2D eigenvalue weighted by molar-refractivity contribution is 7.09. The predicted octanol–water partition coefficient (Wildman–Crippen LogP) is 0.660. The molecule has 0 bridgehead atoms. The Balaban J connectivity index is 2.27. The minimum Gasteiger partial charge on any atom is -0.369 e. The standard InChI is InChI=1S/C9H8N6OS/c1-3-11-4(2-17-3)6-12-5-7(13-6)14-9(10)15-8(5)16/h2H,1H3,(H4,10,12,13,14,15,16). The molecule has 0 aromatic carbocycles. The Bertz CT molecular complexity index is 754. The molecule has 3 aromatic rings. The second kappa shape index (κ2) is 3.39. The molecule has 0 atom stereocenters. The molecule has 0 aliphatic rings. The van der Waals surface area contributed by atoms with E-state index in [0.29, 0.717) is 22.7 Å². The monoisotopic (exact) mass is 248 g/mol. The number of nitrogens with one attached hydrogen (secondary N) is 2. The first-order valence-corrected chi connectivity index (χ1v) is 5.69. The third kappa shape index (κ3) is 1.58. The van der Waals surface area contributed by atoms with Crippen LogP contribution in [0.2, 0.25) is 0 Å². The van der Waals surface area contributed by atoms with Gasteiger partial charge in [-0.25, -0.2) is 9.97 Å². The Kier molecular flexibility index (Phi) is 1.99. The van der Waals surface area contributed by atoms with E-state index in [1.54, 1.807) is 0 Å². The molecule has 0 spiro atoms. The molecular weight excluding hydrogens is 240 g/mol. The van der Waals surface area contributed by atoms with Gasteiger partial charge in [-0.3, -0.25) is 9.78 Å². The van der Waals surface area contributed by atoms with Gasteiger partial charge in [-0.05, 0) is 6.92 Å². The van der Waals surface area contributed by atoms with Gasteiger partial charge in [0.05, 0.1) is 5.01 Å². The van der Waals surface area contributed by atoms with E-state index >= 15 is 0 Å². The molecule has 0 aliphatic carbocycles. The van der Waals surface area contributed by atoms with Gasteiger partial charge in [0, 0.05) is 5.38 Å². The van der Waals surface area contributed by atoms with Crippen molar-refractivity contribution >= 4 is 28.4 Å². The van der Waals surface area contributed by atoms with Gasteiger partial charge in [0.15, 0.2) is 17.0 Å². The second-order valence-corrected chi connectivity index (χ2v) is 4.55. The molecule has 0 saturated carbocycles. The maximum atomic E-state index is 11.6. The Labute approximate surface area is 98.8 Å². The van der Waals surface area contributed by atoms with Crippen LogP contribution >= 0.6 is 11.3 Å². The number of thiazole rings is 1. The van der Waals surface area contributed by atoms with E-state index in [1.807, 2.05) is 12.3 Å². The summed E-state index contributed by atoms with van der Waals surface area (Å²) in [6.45, 7) is 1.90. The third-order valence-corrected chi connectivity index (χ3v) is 3.01. The van der Waals surface area contributed by atoms with Crippen LogP contribution in [0.1, 0.15) is 5.01 Å². The number of nitrogens with two attached hydrogens (primary N) is 1. The van der Waals surface area contributed by atoms with Crippen molar-refractivity contribution in [2.75, 3.05) is 5.73 Å². The molecule has 0 aliphatic heterocycles. The fourth-order valence-corrected chi connectivity index (χ4v) is 2.12. The fourth-order valence-electron chi connectivity index (χ4n) is 1.52. The number of anilines is 1. The van der Waals surface area contributed by atoms with Crippen molar-refractivity contribution in [3.8, 4) is 11.5 Å². The fraction of sp³-hybridized carbons (Fsp3) is 0.111. The molecule has 4 N–H and O–H groups in total. The van der Waals surface area contributed by atoms with Crippen molar-refractivity contribution in [1.29, 1.82) is 0 Å². The molecule has 0 saturated heterocycles. The first-order valence-electron chi connectivity index (χ1n) is 4.81. The van der Waals surface area contributed by atoms with Crippen LogP contribution in [0.4, 0.5) is 5.95 Å². The van der Waals surface area contributed by atoms with Crippen LogP contribution in [0.5, 0.6) is 0 Å². The van der Waals surface area contributed by atoms with Gasteiger partial charge in [0.1, 0.15) is 5.69 Å². The second-order valence-electron chi connectivity index (χ2n) is 3.49. The van der Waals surface area contributed by atoms with E-state index in [-0.39, 0.29) is 11.5 Å². The number of aryl methyl sites for hydroxylation is 1. The summed E-state index contributed by atoms with van der Waals surface area (Å²) in [6.07, 6.45) is 0. The lowest BCUT2D eigenvalue weighted by Gasteiger charge is -1.89. The zero-order chi connectivity index (χ0) is 12.0. The first-order chi connectivity index (χ1) is 8.13. The summed E-state index contributed by atoms with van der Waals surface area (Å²) in [5.74, 6) is 0.572. The zero-order valence-electron chi connectivity index (χ0n) is 8.81. The number of nitrogen functional groups attached to an aromatic ring is 1. The summed E-state index contributed by atoms with van der Waals surface area (Å²) < 4.78 is 0. The van der Waals surface area contributed by atoms with Gasteiger partial charge >= 0.3 is 0 Å². The van der Waals surface area contributed by atoms with Crippen LogP contribution in [-0.4, -0.2) is 24.9 Å². The number of aromatic amines is 2. The number of imidazole rings is 1. The maximum Gasteiger partial charge on any atom is 0.278 e. The van der Waals surface area contributed by atoms with Gasteiger partial charge < -0.3 is 10.7 Å². The molecule has 86 valence electrons. The summed E-state index contributed by atoms with van der Waals surface area (Å²) in [7, 11) is 0. The SMILES string of the molecule is Cc1nc(-c2nc3nc(N)[nH]c(=O)c3[nH]2)cs1. The highest BCUT2D eigenvalue weighted by Crippen LogP contribution is 2.19. The van der Waals surface area contributed by atoms with Gasteiger partial charge in [0.25, 0.3) is 5.56 Å². The predicted molar refractivity (Wildman–Crippen MR) is 64.8 cm³/mol. The van der Waals surface area contributed by atoms with Gasteiger partial charge in [-0.15, -0.1) is 11.3 Å². The molecule has 17 heavy (non-hydrogen) atoms. The number of aromatic nitrogens is 5. The number of fused-ring (bicyclic) bond motifs is 1. The van der Waals surface area contributed by atoms with Crippen molar-refractivity contribution in [2.24, 2.45) is 0 Å². The zero-order valence-corrected chi connectivity index (χ0v) is 9.63. The normalized spacial score (nSPS) is 11.1. The molecule has 8 heteroatoms. The lowest BCUT2D eigenvalue weighted by molar-refractivity contribution is 1.17. The molecule has 0 amide bonds. The van der Waals surface area contributed by atoms with E-state index in [2.05, 4.69) is 24.9 Å². The number of hydrogen-bond donors (Lipinski definition) is 3. The third-order valence-electron chi connectivity index (χ3n) is 2.24. The van der Waals surface area contributed by atoms with E-state index in [1.165, 1.54) is 11.3 Å². The molecule has 0 radical (unpaired) electrons. The smallest absolute Gasteiger partial charge is 0.278 e. The van der Waals surface area contributed by atoms with E-state index in [4.69, 9.17) is 5.73 Å². The number of rotatable bonds is 1. The summed E-state index contributed by atoms with van der Waals surface area (Å²) in [4.78, 5) is 29.3. The van der Waals surface area contributed by atoms with Crippen LogP contribution in [0.3, 0.4) is 0 Å². The van der Waals surface area contributed by atoms with Crippen molar-refractivity contribution in [3.63, 3.8) is 0 Å². The number of H-pyrrole nitrogens is 2. The molecule has 3 heterocycles. The van der Waals surface area contributed by atoms with Gasteiger partial charge in [-0.2, -0.15) is 4.98 Å². The van der Waals surface area contributed by atoms with Crippen molar-refractivity contribution in [3.05, 3.63) is 20.7 Å². The molecule has 3 aromatic heterocycles. The molecule has 0 unspecified atom stereocenters. The van der Waals surface area contributed by atoms with Crippen LogP contribution in [0.25, 0.3) is 22.7 Å². The minimum absolute atomic E-state index is 0.0509. The molecule has 3 rings (SSSR count). The number of nitrogens with zero attached hydrogens (tertiary/aromatic N) is 3. The minimum atomic E-state index is -0.335. The Hall–Kier alpha value is -2.22. The first kappa shape index (κ1) is 9.97. The maximum absolute atomic E-state index is 11.6. The Morgan fingerprint density at radius 1 is 1.29 bits per heavy atom. The molecule has 0 fully saturated rings. The van der Waals surface area contributed by atoms with E-state index in [9.17, 15) is 4.79 Å². The van der Waals surface area contributed by atoms with Crippen molar-refractivity contribution in [1.82, 2.24) is 24.9 Å². The summed E-state index contributed by atoms with van der Waals surface area (Å²) >= 11 is 1.51. The van der Waals surface area contributed by atoms with Crippen molar-refractivity contribution in [2.45, 2.75) is 6.92 Å². The lowest BCUT2D eigenvalue weighted by atomic mass is 10.5. The highest BCUT2D eigenvalue weighted by atomic mass is 32.1. The quantitative estimate of drug-likeness (QED) is 0.585. The molecular formula is C9H8N6OS. The number of hydrogen-bond acceptors (Lipinski definition) is 6. The summed E-state index contributed by atoms with van der Waals surface area (Å²) in [5, 5.41) is 2.80. The average Bonchev–Trinajstić information content (AvgIpc) is 2.83. The van der Waals surface area contributed by atoms with E-state index in [0.717, 1.165) is 5.01 Å². The Morgan fingerprint density at radius 2 is 2.12 bits per heavy atom. The van der Waals surface area contributed by atoms with Crippen molar-refractivity contribution < 1.29 is 0 Å². The van der Waals surface area contributed by atoms with Gasteiger partial charge in [-0.1, -0.05) is 0 Å². The van der Waals surface area contributed by atoms with Crippen LogP contribution in [0.15, 0.2) is 10.2 Å². The van der Waals surface area contributed by atoms with Crippen LogP contribution < -0.4 is 11.3 Å². The largest absolute Gasteiger partial charge is 0.369 e. The van der Waals surface area contributed by atoms with E-state index < -0.39 is 0 Å². The average molecular weight is 248 g/mol.